The second-order valence-electron chi connectivity index (χ2n) is 8.72. The van der Waals surface area contributed by atoms with Gasteiger partial charge in [0.15, 0.2) is 5.13 Å². The molecule has 1 aliphatic heterocycles. The summed E-state index contributed by atoms with van der Waals surface area (Å²) in [5.41, 5.74) is 2.17. The zero-order chi connectivity index (χ0) is 22.2. The number of hydrogen-bond donors (Lipinski definition) is 2. The molecule has 3 amide bonds. The molecule has 8 heteroatoms. The largest absolute Gasteiger partial charge is 0.340 e. The van der Waals surface area contributed by atoms with Crippen LogP contribution in [-0.2, 0) is 17.8 Å². The van der Waals surface area contributed by atoms with E-state index in [0.717, 1.165) is 51.3 Å². The number of benzene rings is 1. The van der Waals surface area contributed by atoms with Gasteiger partial charge in [-0.3, -0.25) is 15.0 Å². The number of anilines is 1. The Kier molecular flexibility index (Phi) is 8.12. The van der Waals surface area contributed by atoms with E-state index in [2.05, 4.69) is 44.8 Å². The summed E-state index contributed by atoms with van der Waals surface area (Å²) in [5.74, 6) is 0.182. The van der Waals surface area contributed by atoms with E-state index in [4.69, 9.17) is 0 Å². The first-order chi connectivity index (χ1) is 15.7. The van der Waals surface area contributed by atoms with Crippen LogP contribution < -0.4 is 10.6 Å². The molecule has 0 bridgehead atoms. The maximum absolute atomic E-state index is 12.6. The van der Waals surface area contributed by atoms with Gasteiger partial charge >= 0.3 is 6.03 Å². The molecule has 4 rings (SSSR count). The second-order valence-corrected chi connectivity index (χ2v) is 9.58. The summed E-state index contributed by atoms with van der Waals surface area (Å²) in [6.45, 7) is 4.29. The molecule has 2 fully saturated rings. The van der Waals surface area contributed by atoms with E-state index in [1.54, 1.807) is 0 Å². The number of thiazole rings is 1. The zero-order valence-electron chi connectivity index (χ0n) is 18.6. The molecular formula is C24H33N5O2S. The molecule has 1 saturated carbocycles. The van der Waals surface area contributed by atoms with Gasteiger partial charge in [0.2, 0.25) is 5.91 Å². The molecule has 0 unspecified atom stereocenters. The highest BCUT2D eigenvalue weighted by molar-refractivity contribution is 7.13. The summed E-state index contributed by atoms with van der Waals surface area (Å²) in [4.78, 5) is 33.7. The van der Waals surface area contributed by atoms with Crippen molar-refractivity contribution >= 4 is 28.4 Å². The van der Waals surface area contributed by atoms with Crippen LogP contribution >= 0.6 is 11.3 Å². The highest BCUT2D eigenvalue weighted by Gasteiger charge is 2.21. The Morgan fingerprint density at radius 3 is 2.53 bits per heavy atom. The van der Waals surface area contributed by atoms with Gasteiger partial charge in [-0.05, 0) is 24.8 Å². The molecule has 32 heavy (non-hydrogen) atoms. The van der Waals surface area contributed by atoms with Crippen molar-refractivity contribution in [2.75, 3.05) is 31.5 Å². The van der Waals surface area contributed by atoms with Crippen LogP contribution in [0, 0.1) is 0 Å². The minimum atomic E-state index is -0.178. The van der Waals surface area contributed by atoms with E-state index < -0.39 is 0 Å². The van der Waals surface area contributed by atoms with E-state index in [1.165, 1.54) is 36.2 Å². The number of urea groups is 1. The summed E-state index contributed by atoms with van der Waals surface area (Å²) in [5, 5.41) is 8.41. The molecule has 2 aromatic rings. The number of amides is 3. The number of aromatic nitrogens is 1. The molecule has 0 spiro atoms. The minimum absolute atomic E-state index is 0.178. The first-order valence-corrected chi connectivity index (χ1v) is 12.6. The third-order valence-corrected chi connectivity index (χ3v) is 7.09. The van der Waals surface area contributed by atoms with E-state index in [9.17, 15) is 9.59 Å². The molecule has 1 aromatic heterocycles. The average molecular weight is 456 g/mol. The van der Waals surface area contributed by atoms with Crippen molar-refractivity contribution in [3.05, 3.63) is 47.0 Å². The van der Waals surface area contributed by atoms with Crippen molar-refractivity contribution in [3.8, 4) is 0 Å². The van der Waals surface area contributed by atoms with Gasteiger partial charge in [0.05, 0.1) is 5.69 Å². The number of rotatable bonds is 7. The highest BCUT2D eigenvalue weighted by atomic mass is 32.1. The van der Waals surface area contributed by atoms with E-state index in [0.29, 0.717) is 18.0 Å². The van der Waals surface area contributed by atoms with Gasteiger partial charge in [-0.15, -0.1) is 11.3 Å². The molecule has 1 aliphatic carbocycles. The average Bonchev–Trinajstić information content (AvgIpc) is 3.26. The van der Waals surface area contributed by atoms with Gasteiger partial charge in [0.1, 0.15) is 0 Å². The van der Waals surface area contributed by atoms with Gasteiger partial charge in [-0.1, -0.05) is 49.6 Å². The molecule has 0 radical (unpaired) electrons. The zero-order valence-corrected chi connectivity index (χ0v) is 19.4. The quantitative estimate of drug-likeness (QED) is 0.664. The first kappa shape index (κ1) is 22.7. The maximum atomic E-state index is 12.6. The Morgan fingerprint density at radius 2 is 1.78 bits per heavy atom. The number of piperazine rings is 1. The molecule has 1 saturated heterocycles. The molecule has 0 atom stereocenters. The predicted molar refractivity (Wildman–Crippen MR) is 128 cm³/mol. The van der Waals surface area contributed by atoms with Gasteiger partial charge < -0.3 is 10.2 Å². The molecule has 172 valence electrons. The van der Waals surface area contributed by atoms with Crippen LogP contribution in [0.3, 0.4) is 0 Å². The third-order valence-electron chi connectivity index (χ3n) is 6.28. The minimum Gasteiger partial charge on any atom is -0.340 e. The summed E-state index contributed by atoms with van der Waals surface area (Å²) in [7, 11) is 0. The molecule has 2 aliphatic rings. The van der Waals surface area contributed by atoms with Gasteiger partial charge in [0, 0.05) is 50.6 Å². The lowest BCUT2D eigenvalue weighted by Crippen LogP contribution is -2.48. The van der Waals surface area contributed by atoms with Crippen molar-refractivity contribution in [3.63, 3.8) is 0 Å². The van der Waals surface area contributed by atoms with Crippen molar-refractivity contribution in [2.45, 2.75) is 57.5 Å². The van der Waals surface area contributed by atoms with Crippen molar-refractivity contribution in [1.29, 1.82) is 0 Å². The van der Waals surface area contributed by atoms with Crippen molar-refractivity contribution in [1.82, 2.24) is 20.1 Å². The maximum Gasteiger partial charge on any atom is 0.321 e. The van der Waals surface area contributed by atoms with Crippen LogP contribution in [0.5, 0.6) is 0 Å². The van der Waals surface area contributed by atoms with Crippen LogP contribution in [-0.4, -0.2) is 58.9 Å². The molecule has 2 heterocycles. The monoisotopic (exact) mass is 455 g/mol. The molecule has 2 N–H and O–H groups in total. The van der Waals surface area contributed by atoms with Crippen LogP contribution in [0.1, 0.15) is 49.8 Å². The number of carbonyl (C=O) groups excluding carboxylic acids is 2. The topological polar surface area (TPSA) is 77.6 Å². The van der Waals surface area contributed by atoms with E-state index >= 15 is 0 Å². The van der Waals surface area contributed by atoms with Crippen LogP contribution in [0.2, 0.25) is 0 Å². The Hall–Kier alpha value is -2.45. The van der Waals surface area contributed by atoms with Crippen LogP contribution in [0.25, 0.3) is 0 Å². The summed E-state index contributed by atoms with van der Waals surface area (Å²) in [6.07, 6.45) is 6.79. The molecular weight excluding hydrogens is 422 g/mol. The molecule has 1 aromatic carbocycles. The van der Waals surface area contributed by atoms with Crippen LogP contribution in [0.15, 0.2) is 35.7 Å². The first-order valence-electron chi connectivity index (χ1n) is 11.7. The fourth-order valence-electron chi connectivity index (χ4n) is 4.43. The second kappa shape index (κ2) is 11.4. The number of carbonyl (C=O) groups is 2. The normalized spacial score (nSPS) is 17.8. The smallest absolute Gasteiger partial charge is 0.321 e. The third kappa shape index (κ3) is 6.77. The summed E-state index contributed by atoms with van der Waals surface area (Å²) in [6, 6.07) is 10.6. The number of nitrogens with one attached hydrogen (secondary N) is 2. The number of nitrogens with zero attached hydrogens (tertiary/aromatic N) is 3. The van der Waals surface area contributed by atoms with Gasteiger partial charge in [-0.25, -0.2) is 9.78 Å². The highest BCUT2D eigenvalue weighted by Crippen LogP contribution is 2.19. The van der Waals surface area contributed by atoms with Crippen LogP contribution in [0.4, 0.5) is 9.93 Å². The Bertz CT molecular complexity index is 874. The van der Waals surface area contributed by atoms with Crippen molar-refractivity contribution in [2.24, 2.45) is 0 Å². The standard InChI is InChI=1S/C24H33N5O2S/c30-22(29-15-13-28(14-16-29)17-19-7-3-1-4-8-19)12-11-21-18-32-24(26-21)27-23(31)25-20-9-5-2-6-10-20/h1,3-4,7-8,18,20H,2,5-6,9-17H2,(H2,25,26,27,31). The number of hydrogen-bond acceptors (Lipinski definition) is 5. The Balaban J connectivity index is 1.15. The van der Waals surface area contributed by atoms with E-state index in [1.807, 2.05) is 16.3 Å². The Morgan fingerprint density at radius 1 is 1.03 bits per heavy atom. The Labute approximate surface area is 194 Å². The lowest BCUT2D eigenvalue weighted by molar-refractivity contribution is -0.133. The van der Waals surface area contributed by atoms with Gasteiger partial charge in [0.25, 0.3) is 0 Å². The van der Waals surface area contributed by atoms with Crippen molar-refractivity contribution < 1.29 is 9.59 Å². The fourth-order valence-corrected chi connectivity index (χ4v) is 5.17. The lowest BCUT2D eigenvalue weighted by Gasteiger charge is -2.34. The van der Waals surface area contributed by atoms with Gasteiger partial charge in [-0.2, -0.15) is 0 Å². The lowest BCUT2D eigenvalue weighted by atomic mass is 9.96. The number of aryl methyl sites for hydroxylation is 1. The fraction of sp³-hybridized carbons (Fsp3) is 0.542. The van der Waals surface area contributed by atoms with E-state index in [-0.39, 0.29) is 18.0 Å². The predicted octanol–water partition coefficient (Wildman–Crippen LogP) is 3.87. The summed E-state index contributed by atoms with van der Waals surface area (Å²) >= 11 is 1.41. The summed E-state index contributed by atoms with van der Waals surface area (Å²) < 4.78 is 0. The SMILES string of the molecule is O=C(Nc1nc(CCC(=O)N2CCN(Cc3ccccc3)CC2)cs1)NC1CCCCC1. The molecule has 7 nitrogen and oxygen atoms in total.